The Morgan fingerprint density at radius 3 is 2.59 bits per heavy atom. The lowest BCUT2D eigenvalue weighted by Crippen LogP contribution is -2.38. The second kappa shape index (κ2) is 10.6. The monoisotopic (exact) mass is 416 g/mol. The summed E-state index contributed by atoms with van der Waals surface area (Å²) in [5.41, 5.74) is 7.06. The van der Waals surface area contributed by atoms with Crippen LogP contribution in [0.5, 0.6) is 0 Å². The van der Waals surface area contributed by atoms with Gasteiger partial charge < -0.3 is 15.6 Å². The third-order valence-corrected chi connectivity index (χ3v) is 5.17. The number of halogens is 3. The molecule has 1 aliphatic carbocycles. The van der Waals surface area contributed by atoms with Crippen molar-refractivity contribution in [2.45, 2.75) is 45.1 Å². The number of nitrogens with zero attached hydrogens (tertiary/aromatic N) is 2. The molecule has 150 valence electrons. The van der Waals surface area contributed by atoms with Crippen molar-refractivity contribution in [2.24, 2.45) is 11.1 Å². The molecule has 3 N–H and O–H groups in total. The molecule has 5 nitrogen and oxygen atoms in total. The fourth-order valence-corrected chi connectivity index (χ4v) is 3.63. The third kappa shape index (κ3) is 5.92. The highest BCUT2D eigenvalue weighted by Gasteiger charge is 2.32. The second-order valence-electron chi connectivity index (χ2n) is 6.97. The molecule has 0 saturated heterocycles. The Balaban J connectivity index is 0.00000182. The molecule has 0 atom stereocenters. The molecule has 1 aliphatic rings. The molecule has 8 heteroatoms. The summed E-state index contributed by atoms with van der Waals surface area (Å²) in [6.45, 7) is 0.870. The summed E-state index contributed by atoms with van der Waals surface area (Å²) in [4.78, 5) is 16.2. The smallest absolute Gasteiger partial charge is 0.220 e. The van der Waals surface area contributed by atoms with Crippen molar-refractivity contribution in [1.82, 2.24) is 14.9 Å². The van der Waals surface area contributed by atoms with Gasteiger partial charge in [0.1, 0.15) is 5.82 Å². The summed E-state index contributed by atoms with van der Waals surface area (Å²) in [7, 11) is 0. The number of carbonyl (C=O) groups excluding carboxylic acids is 1. The van der Waals surface area contributed by atoms with Gasteiger partial charge in [0.05, 0.1) is 12.0 Å². The van der Waals surface area contributed by atoms with Gasteiger partial charge in [0, 0.05) is 25.4 Å². The van der Waals surface area contributed by atoms with Gasteiger partial charge >= 0.3 is 0 Å². The maximum absolute atomic E-state index is 14.2. The Bertz CT molecular complexity index is 719. The van der Waals surface area contributed by atoms with Crippen molar-refractivity contribution in [3.05, 3.63) is 48.3 Å². The van der Waals surface area contributed by atoms with Crippen LogP contribution in [0.3, 0.4) is 0 Å². The van der Waals surface area contributed by atoms with Crippen molar-refractivity contribution in [2.75, 3.05) is 6.54 Å². The largest absolute Gasteiger partial charge is 0.352 e. The SMILES string of the molecule is Cl.Cl.NCC1(CC(=O)NCc2ccc(-n3ccnc3)c(F)c2)CCCCC1. The first kappa shape index (κ1) is 23.4. The first-order chi connectivity index (χ1) is 12.1. The predicted molar refractivity (Wildman–Crippen MR) is 109 cm³/mol. The van der Waals surface area contributed by atoms with Crippen LogP contribution in [0.1, 0.15) is 44.1 Å². The van der Waals surface area contributed by atoms with Gasteiger partial charge in [-0.3, -0.25) is 4.79 Å². The molecule has 2 aromatic rings. The van der Waals surface area contributed by atoms with Gasteiger partial charge in [-0.25, -0.2) is 9.37 Å². The number of hydrogen-bond acceptors (Lipinski definition) is 3. The quantitative estimate of drug-likeness (QED) is 0.752. The van der Waals surface area contributed by atoms with E-state index in [-0.39, 0.29) is 42.0 Å². The Morgan fingerprint density at radius 1 is 1.26 bits per heavy atom. The van der Waals surface area contributed by atoms with Crippen molar-refractivity contribution in [1.29, 1.82) is 0 Å². The lowest BCUT2D eigenvalue weighted by atomic mass is 9.71. The van der Waals surface area contributed by atoms with E-state index in [0.29, 0.717) is 25.2 Å². The summed E-state index contributed by atoms with van der Waals surface area (Å²) < 4.78 is 15.9. The normalized spacial score (nSPS) is 15.3. The Labute approximate surface area is 171 Å². The van der Waals surface area contributed by atoms with Crippen molar-refractivity contribution < 1.29 is 9.18 Å². The topological polar surface area (TPSA) is 72.9 Å². The third-order valence-electron chi connectivity index (χ3n) is 5.17. The number of benzene rings is 1. The average molecular weight is 417 g/mol. The lowest BCUT2D eigenvalue weighted by Gasteiger charge is -2.35. The molecule has 1 aromatic carbocycles. The van der Waals surface area contributed by atoms with Crippen molar-refractivity contribution >= 4 is 30.7 Å². The van der Waals surface area contributed by atoms with E-state index in [1.54, 1.807) is 29.4 Å². The van der Waals surface area contributed by atoms with Crippen LogP contribution < -0.4 is 11.1 Å². The molecule has 0 radical (unpaired) electrons. The fourth-order valence-electron chi connectivity index (χ4n) is 3.63. The maximum atomic E-state index is 14.2. The predicted octanol–water partition coefficient (Wildman–Crippen LogP) is 3.77. The highest BCUT2D eigenvalue weighted by molar-refractivity contribution is 5.85. The maximum Gasteiger partial charge on any atom is 0.220 e. The van der Waals surface area contributed by atoms with Gasteiger partial charge in [0.15, 0.2) is 0 Å². The molecule has 1 amide bonds. The molecule has 0 aliphatic heterocycles. The zero-order chi connectivity index (χ0) is 17.7. The van der Waals surface area contributed by atoms with E-state index < -0.39 is 0 Å². The molecule has 0 spiro atoms. The molecule has 1 aromatic heterocycles. The molecule has 1 fully saturated rings. The molecular weight excluding hydrogens is 390 g/mol. The van der Waals surface area contributed by atoms with Crippen LogP contribution in [0.2, 0.25) is 0 Å². The number of nitrogens with two attached hydrogens (primary N) is 1. The van der Waals surface area contributed by atoms with Crippen LogP contribution in [0.15, 0.2) is 36.9 Å². The van der Waals surface area contributed by atoms with Crippen molar-refractivity contribution in [3.8, 4) is 5.69 Å². The number of amides is 1. The van der Waals surface area contributed by atoms with Crippen LogP contribution in [-0.4, -0.2) is 22.0 Å². The number of aromatic nitrogens is 2. The molecule has 0 unspecified atom stereocenters. The summed E-state index contributed by atoms with van der Waals surface area (Å²) >= 11 is 0. The number of rotatable bonds is 6. The Morgan fingerprint density at radius 2 is 2.00 bits per heavy atom. The Kier molecular flexibility index (Phi) is 9.22. The van der Waals surface area contributed by atoms with Crippen LogP contribution in [0, 0.1) is 11.2 Å². The van der Waals surface area contributed by atoms with Crippen LogP contribution in [0.25, 0.3) is 5.69 Å². The van der Waals surface area contributed by atoms with E-state index in [9.17, 15) is 9.18 Å². The lowest BCUT2D eigenvalue weighted by molar-refractivity contribution is -0.124. The first-order valence-electron chi connectivity index (χ1n) is 8.85. The van der Waals surface area contributed by atoms with E-state index in [1.165, 1.54) is 12.5 Å². The van der Waals surface area contributed by atoms with Gasteiger partial charge in [0.25, 0.3) is 0 Å². The van der Waals surface area contributed by atoms with Gasteiger partial charge in [-0.2, -0.15) is 0 Å². The van der Waals surface area contributed by atoms with Gasteiger partial charge in [-0.15, -0.1) is 24.8 Å². The minimum Gasteiger partial charge on any atom is -0.352 e. The number of nitrogens with one attached hydrogen (secondary N) is 1. The van der Waals surface area contributed by atoms with Crippen molar-refractivity contribution in [3.63, 3.8) is 0 Å². The molecule has 0 bridgehead atoms. The minimum atomic E-state index is -0.338. The van der Waals surface area contributed by atoms with Gasteiger partial charge in [-0.1, -0.05) is 25.3 Å². The van der Waals surface area contributed by atoms with Crippen LogP contribution in [-0.2, 0) is 11.3 Å². The average Bonchev–Trinajstić information content (AvgIpc) is 3.15. The van der Waals surface area contributed by atoms with E-state index in [2.05, 4.69) is 10.3 Å². The van der Waals surface area contributed by atoms with E-state index in [0.717, 1.165) is 31.2 Å². The van der Waals surface area contributed by atoms with E-state index in [4.69, 9.17) is 5.73 Å². The minimum absolute atomic E-state index is 0. The van der Waals surface area contributed by atoms with Crippen LogP contribution >= 0.6 is 24.8 Å². The molecule has 27 heavy (non-hydrogen) atoms. The zero-order valence-electron chi connectivity index (χ0n) is 15.2. The second-order valence-corrected chi connectivity index (χ2v) is 6.97. The summed E-state index contributed by atoms with van der Waals surface area (Å²) in [5.74, 6) is -0.345. The summed E-state index contributed by atoms with van der Waals surface area (Å²) in [6.07, 6.45) is 10.9. The first-order valence-corrected chi connectivity index (χ1v) is 8.85. The summed E-state index contributed by atoms with van der Waals surface area (Å²) in [6, 6.07) is 4.97. The fraction of sp³-hybridized carbons (Fsp3) is 0.474. The highest BCUT2D eigenvalue weighted by Crippen LogP contribution is 2.38. The number of hydrogen-bond donors (Lipinski definition) is 2. The molecular formula is C19H27Cl2FN4O. The molecule has 1 heterocycles. The molecule has 1 saturated carbocycles. The van der Waals surface area contributed by atoms with Gasteiger partial charge in [-0.05, 0) is 42.5 Å². The molecule has 3 rings (SSSR count). The highest BCUT2D eigenvalue weighted by atomic mass is 35.5. The zero-order valence-corrected chi connectivity index (χ0v) is 16.8. The van der Waals surface area contributed by atoms with Crippen LogP contribution in [0.4, 0.5) is 4.39 Å². The standard InChI is InChI=1S/C19H25FN4O.2ClH/c20-16-10-15(4-5-17(16)24-9-8-22-14-24)12-23-18(25)11-19(13-21)6-2-1-3-7-19;;/h4-5,8-10,14H,1-3,6-7,11-13,21H2,(H,23,25);2*1H. The van der Waals surface area contributed by atoms with E-state index >= 15 is 0 Å². The Hall–Kier alpha value is -1.63. The van der Waals surface area contributed by atoms with Gasteiger partial charge in [0.2, 0.25) is 5.91 Å². The van der Waals surface area contributed by atoms with E-state index in [1.807, 2.05) is 6.07 Å². The summed E-state index contributed by atoms with van der Waals surface area (Å²) in [5, 5.41) is 2.91. The number of carbonyl (C=O) groups is 1. The number of imidazole rings is 1.